The number of ketones is 1. The molecular formula is C24H20N2O7. The van der Waals surface area contributed by atoms with E-state index in [9.17, 15) is 29.3 Å². The van der Waals surface area contributed by atoms with Crippen LogP contribution in [0.5, 0.6) is 0 Å². The summed E-state index contributed by atoms with van der Waals surface area (Å²) >= 11 is 0. The fourth-order valence-electron chi connectivity index (χ4n) is 5.53. The number of nitrogens with zero attached hydrogens (tertiary/aromatic N) is 2. The number of imide groups is 1. The van der Waals surface area contributed by atoms with Gasteiger partial charge in [0.1, 0.15) is 0 Å². The van der Waals surface area contributed by atoms with Gasteiger partial charge >= 0.3 is 5.97 Å². The first-order chi connectivity index (χ1) is 15.8. The lowest BCUT2D eigenvalue weighted by Crippen LogP contribution is -2.32. The highest BCUT2D eigenvalue weighted by molar-refractivity contribution is 6.22. The number of amides is 2. The zero-order valence-corrected chi connectivity index (χ0v) is 17.5. The maximum atomic E-state index is 13.0. The first kappa shape index (κ1) is 21.0. The number of ether oxygens (including phenoxy) is 1. The second kappa shape index (κ2) is 7.91. The van der Waals surface area contributed by atoms with E-state index >= 15 is 0 Å². The van der Waals surface area contributed by atoms with Gasteiger partial charge in [-0.05, 0) is 49.3 Å². The summed E-state index contributed by atoms with van der Waals surface area (Å²) in [4.78, 5) is 62.3. The Morgan fingerprint density at radius 2 is 1.61 bits per heavy atom. The van der Waals surface area contributed by atoms with Crippen molar-refractivity contribution in [3.63, 3.8) is 0 Å². The van der Waals surface area contributed by atoms with Crippen molar-refractivity contribution >= 4 is 34.9 Å². The number of non-ortho nitro benzene ring substituents is 1. The quantitative estimate of drug-likeness (QED) is 0.219. The molecule has 2 aromatic carbocycles. The standard InChI is InChI=1S/C24H20N2O7/c27-19(13-3-1-6-18(10-13)26(31)32)12-33-24(30)16-4-2-5-17(11-16)25-22(28)20-14-7-8-15(9-14)21(20)23(25)29/h1-6,10-11,14-15,20-21H,7-9,12H2. The second-order valence-corrected chi connectivity index (χ2v) is 8.75. The van der Waals surface area contributed by atoms with Crippen LogP contribution in [0.15, 0.2) is 48.5 Å². The van der Waals surface area contributed by atoms with Crippen LogP contribution in [0.25, 0.3) is 0 Å². The third-order valence-electron chi connectivity index (χ3n) is 6.98. The predicted molar refractivity (Wildman–Crippen MR) is 114 cm³/mol. The summed E-state index contributed by atoms with van der Waals surface area (Å²) in [6, 6.07) is 11.2. The van der Waals surface area contributed by atoms with Gasteiger partial charge in [-0.2, -0.15) is 0 Å². The summed E-state index contributed by atoms with van der Waals surface area (Å²) in [5, 5.41) is 10.9. The molecule has 1 heterocycles. The molecule has 4 unspecified atom stereocenters. The third-order valence-corrected chi connectivity index (χ3v) is 6.98. The minimum Gasteiger partial charge on any atom is -0.454 e. The summed E-state index contributed by atoms with van der Waals surface area (Å²) in [5.41, 5.74) is 0.233. The van der Waals surface area contributed by atoms with Crippen LogP contribution in [0, 0.1) is 33.8 Å². The van der Waals surface area contributed by atoms with Gasteiger partial charge < -0.3 is 4.74 Å². The highest BCUT2D eigenvalue weighted by atomic mass is 16.6. The fourth-order valence-corrected chi connectivity index (χ4v) is 5.53. The van der Waals surface area contributed by atoms with Crippen molar-refractivity contribution in [2.75, 3.05) is 11.5 Å². The van der Waals surface area contributed by atoms with Gasteiger partial charge in [-0.25, -0.2) is 4.79 Å². The molecule has 2 aliphatic carbocycles. The Bertz CT molecular complexity index is 1180. The third kappa shape index (κ3) is 3.49. The molecule has 33 heavy (non-hydrogen) atoms. The summed E-state index contributed by atoms with van der Waals surface area (Å²) in [6.07, 6.45) is 2.89. The van der Waals surface area contributed by atoms with E-state index in [1.54, 1.807) is 12.1 Å². The number of benzene rings is 2. The predicted octanol–water partition coefficient (Wildman–Crippen LogP) is 3.17. The number of nitro groups is 1. The fraction of sp³-hybridized carbons (Fsp3) is 0.333. The van der Waals surface area contributed by atoms with E-state index in [0.29, 0.717) is 5.69 Å². The first-order valence-corrected chi connectivity index (χ1v) is 10.8. The number of carbonyl (C=O) groups is 4. The highest BCUT2D eigenvalue weighted by Crippen LogP contribution is 2.56. The van der Waals surface area contributed by atoms with Gasteiger partial charge in [0.15, 0.2) is 6.61 Å². The van der Waals surface area contributed by atoms with E-state index in [-0.39, 0.29) is 52.3 Å². The van der Waals surface area contributed by atoms with Gasteiger partial charge in [0.2, 0.25) is 17.6 Å². The number of hydrogen-bond donors (Lipinski definition) is 0. The maximum Gasteiger partial charge on any atom is 0.338 e. The zero-order valence-electron chi connectivity index (χ0n) is 17.5. The first-order valence-electron chi connectivity index (χ1n) is 10.8. The van der Waals surface area contributed by atoms with E-state index in [0.717, 1.165) is 25.3 Å². The minimum absolute atomic E-state index is 0.0557. The van der Waals surface area contributed by atoms with E-state index in [1.165, 1.54) is 35.2 Å². The molecular weight excluding hydrogens is 428 g/mol. The van der Waals surface area contributed by atoms with E-state index in [1.807, 2.05) is 0 Å². The average Bonchev–Trinajstić information content (AvgIpc) is 3.51. The van der Waals surface area contributed by atoms with Crippen LogP contribution >= 0.6 is 0 Å². The van der Waals surface area contributed by atoms with Crippen molar-refractivity contribution in [3.05, 3.63) is 69.8 Å². The molecule has 2 saturated carbocycles. The number of fused-ring (bicyclic) bond motifs is 5. The number of Topliss-reactive ketones (excluding diaryl/α,β-unsaturated/α-hetero) is 1. The largest absolute Gasteiger partial charge is 0.454 e. The highest BCUT2D eigenvalue weighted by Gasteiger charge is 2.61. The molecule has 0 N–H and O–H groups in total. The molecule has 9 nitrogen and oxygen atoms in total. The van der Waals surface area contributed by atoms with Crippen LogP contribution in [-0.2, 0) is 14.3 Å². The van der Waals surface area contributed by atoms with Gasteiger partial charge in [0.05, 0.1) is 28.0 Å². The molecule has 2 bridgehead atoms. The van der Waals surface area contributed by atoms with Crippen molar-refractivity contribution in [3.8, 4) is 0 Å². The summed E-state index contributed by atoms with van der Waals surface area (Å²) in [6.45, 7) is -0.598. The number of hydrogen-bond acceptors (Lipinski definition) is 7. The Balaban J connectivity index is 1.29. The monoisotopic (exact) mass is 448 g/mol. The van der Waals surface area contributed by atoms with Crippen LogP contribution in [0.3, 0.4) is 0 Å². The normalized spacial score (nSPS) is 25.3. The summed E-state index contributed by atoms with van der Waals surface area (Å²) in [7, 11) is 0. The molecule has 0 radical (unpaired) electrons. The SMILES string of the molecule is O=C(COC(=O)c1cccc(N2C(=O)C3C4CCC(C4)C3C2=O)c1)c1cccc([N+](=O)[O-])c1. The smallest absolute Gasteiger partial charge is 0.338 e. The number of rotatable bonds is 6. The molecule has 0 aromatic heterocycles. The molecule has 168 valence electrons. The molecule has 3 fully saturated rings. The van der Waals surface area contributed by atoms with Crippen LogP contribution in [0.4, 0.5) is 11.4 Å². The van der Waals surface area contributed by atoms with E-state index in [2.05, 4.69) is 0 Å². The van der Waals surface area contributed by atoms with E-state index in [4.69, 9.17) is 4.74 Å². The molecule has 9 heteroatoms. The Labute approximate surface area is 188 Å². The topological polar surface area (TPSA) is 124 Å². The Morgan fingerprint density at radius 1 is 0.970 bits per heavy atom. The molecule has 1 aliphatic heterocycles. The number of carbonyl (C=O) groups excluding carboxylic acids is 4. The zero-order chi connectivity index (χ0) is 23.3. The van der Waals surface area contributed by atoms with Crippen molar-refractivity contribution < 1.29 is 28.8 Å². The van der Waals surface area contributed by atoms with Crippen molar-refractivity contribution in [1.29, 1.82) is 0 Å². The Hall–Kier alpha value is -3.88. The van der Waals surface area contributed by atoms with E-state index < -0.39 is 23.3 Å². The van der Waals surface area contributed by atoms with Crippen molar-refractivity contribution in [2.45, 2.75) is 19.3 Å². The molecule has 1 saturated heterocycles. The summed E-state index contributed by atoms with van der Waals surface area (Å²) < 4.78 is 5.09. The van der Waals surface area contributed by atoms with Crippen molar-refractivity contribution in [2.24, 2.45) is 23.7 Å². The molecule has 5 rings (SSSR count). The van der Waals surface area contributed by atoms with Crippen LogP contribution < -0.4 is 4.90 Å². The van der Waals surface area contributed by atoms with Crippen LogP contribution in [0.1, 0.15) is 40.0 Å². The second-order valence-electron chi connectivity index (χ2n) is 8.75. The molecule has 0 spiro atoms. The molecule has 2 amide bonds. The Kier molecular flexibility index (Phi) is 5.03. The lowest BCUT2D eigenvalue weighted by atomic mass is 9.81. The van der Waals surface area contributed by atoms with Gasteiger partial charge in [-0.1, -0.05) is 18.2 Å². The van der Waals surface area contributed by atoms with Gasteiger partial charge in [0.25, 0.3) is 5.69 Å². The Morgan fingerprint density at radius 3 is 2.27 bits per heavy atom. The lowest BCUT2D eigenvalue weighted by molar-refractivity contribution is -0.384. The van der Waals surface area contributed by atoms with Crippen LogP contribution in [0.2, 0.25) is 0 Å². The average molecular weight is 448 g/mol. The summed E-state index contributed by atoms with van der Waals surface area (Å²) in [5.74, 6) is -1.80. The van der Waals surface area contributed by atoms with Gasteiger partial charge in [-0.15, -0.1) is 0 Å². The number of anilines is 1. The lowest BCUT2D eigenvalue weighted by Gasteiger charge is -2.19. The van der Waals surface area contributed by atoms with Crippen molar-refractivity contribution in [1.82, 2.24) is 0 Å². The van der Waals surface area contributed by atoms with Gasteiger partial charge in [0, 0.05) is 17.7 Å². The molecule has 3 aliphatic rings. The number of esters is 1. The number of nitro benzene ring substituents is 1. The molecule has 4 atom stereocenters. The van der Waals surface area contributed by atoms with Gasteiger partial charge in [-0.3, -0.25) is 29.4 Å². The maximum absolute atomic E-state index is 13.0. The van der Waals surface area contributed by atoms with Crippen LogP contribution in [-0.4, -0.2) is 35.1 Å². The molecule has 2 aromatic rings. The minimum atomic E-state index is -0.796.